The Morgan fingerprint density at radius 1 is 0.963 bits per heavy atom. The van der Waals surface area contributed by atoms with Crippen LogP contribution in [-0.2, 0) is 4.79 Å². The van der Waals surface area contributed by atoms with Crippen LogP contribution in [-0.4, -0.2) is 24.2 Å². The van der Waals surface area contributed by atoms with Gasteiger partial charge in [-0.05, 0) is 12.1 Å². The molecule has 0 saturated heterocycles. The van der Waals surface area contributed by atoms with E-state index in [4.69, 9.17) is 45.0 Å². The van der Waals surface area contributed by atoms with Gasteiger partial charge in [-0.25, -0.2) is 6.57 Å². The van der Waals surface area contributed by atoms with Gasteiger partial charge in [-0.2, -0.15) is 0 Å². The molecule has 0 radical (unpaired) electrons. The lowest BCUT2D eigenvalue weighted by Crippen LogP contribution is -2.18. The van der Waals surface area contributed by atoms with Crippen molar-refractivity contribution in [3.05, 3.63) is 69.0 Å². The molecule has 2 aromatic rings. The Morgan fingerprint density at radius 2 is 1.52 bits per heavy atom. The molecule has 2 aliphatic heterocycles. The van der Waals surface area contributed by atoms with Gasteiger partial charge in [-0.1, -0.05) is 47.5 Å². The summed E-state index contributed by atoms with van der Waals surface area (Å²) >= 11 is 11.9. The number of benzene rings is 2. The molecule has 2 heterocycles. The monoisotopic (exact) mass is 400 g/mol. The maximum atomic E-state index is 11.0. The van der Waals surface area contributed by atoms with E-state index in [1.54, 1.807) is 6.07 Å². The summed E-state index contributed by atoms with van der Waals surface area (Å²) in [5.41, 5.74) is 7.36. The minimum absolute atomic E-state index is 0.0333. The number of hydrogen-bond donors (Lipinski definition) is 1. The number of carbonyl (C=O) groups excluding carboxylic acids is 1. The van der Waals surface area contributed by atoms with E-state index < -0.39 is 0 Å². The van der Waals surface area contributed by atoms with Gasteiger partial charge in [-0.3, -0.25) is 4.79 Å². The van der Waals surface area contributed by atoms with Crippen molar-refractivity contribution >= 4 is 29.1 Å². The average molecular weight is 401 g/mol. The highest BCUT2D eigenvalue weighted by Crippen LogP contribution is 2.59. The van der Waals surface area contributed by atoms with Gasteiger partial charge in [0.15, 0.2) is 6.10 Å². The molecule has 2 aliphatic carbocycles. The van der Waals surface area contributed by atoms with Crippen LogP contribution in [0.5, 0.6) is 11.5 Å². The summed E-state index contributed by atoms with van der Waals surface area (Å²) in [7, 11) is 0. The molecule has 2 aromatic carbocycles. The highest BCUT2D eigenvalue weighted by molar-refractivity contribution is 6.32. The van der Waals surface area contributed by atoms with Gasteiger partial charge in [0.25, 0.3) is 6.04 Å². The fourth-order valence-electron chi connectivity index (χ4n) is 4.16. The second-order valence-electron chi connectivity index (χ2n) is 7.08. The SMILES string of the molecule is NC(=O)[C@H]1[C@@H]2Oc3c(Cl)cccc3[C@@H]21.[C-]#[N+][C@H]1[C@@H]2Oc3c(Cl)cccc3[C@H]12. The number of para-hydroxylation sites is 2. The molecular formula is C20H14Cl2N2O3. The summed E-state index contributed by atoms with van der Waals surface area (Å²) in [6.07, 6.45) is 0.00907. The van der Waals surface area contributed by atoms with E-state index in [0.717, 1.165) is 22.6 Å². The Bertz CT molecular complexity index is 1020. The molecule has 2 fully saturated rings. The molecule has 0 aromatic heterocycles. The summed E-state index contributed by atoms with van der Waals surface area (Å²) < 4.78 is 11.1. The first-order valence-corrected chi connectivity index (χ1v) is 9.34. The smallest absolute Gasteiger partial charge is 0.271 e. The van der Waals surface area contributed by atoms with E-state index >= 15 is 0 Å². The predicted molar refractivity (Wildman–Crippen MR) is 100 cm³/mol. The van der Waals surface area contributed by atoms with Crippen LogP contribution < -0.4 is 15.2 Å². The van der Waals surface area contributed by atoms with Gasteiger partial charge in [0.2, 0.25) is 5.91 Å². The molecule has 1 amide bonds. The van der Waals surface area contributed by atoms with Gasteiger partial charge in [-0.15, -0.1) is 0 Å². The van der Waals surface area contributed by atoms with E-state index in [-0.39, 0.29) is 41.9 Å². The first-order chi connectivity index (χ1) is 13.0. The molecule has 7 heteroatoms. The molecule has 0 unspecified atom stereocenters. The Kier molecular flexibility index (Phi) is 3.59. The number of nitrogens with zero attached hydrogens (tertiary/aromatic N) is 1. The standard InChI is InChI=1S/C10H8ClNO2.C10H6ClNO/c11-5-3-1-2-4-6-7(10(12)13)9(6)14-8(4)5;1-12-8-7-5-3-2-4-6(11)9(5)13-10(7)8/h1-3,6-7,9H,(H2,12,13);2-4,7-8,10H/t6-,7-,9-;7-,8-,10-/m11/s1. The zero-order valence-electron chi connectivity index (χ0n) is 13.9. The molecule has 136 valence electrons. The van der Waals surface area contributed by atoms with E-state index in [2.05, 4.69) is 4.85 Å². The lowest BCUT2D eigenvalue weighted by molar-refractivity contribution is -0.119. The number of hydrogen-bond acceptors (Lipinski definition) is 3. The molecule has 0 spiro atoms. The normalized spacial score (nSPS) is 32.2. The van der Waals surface area contributed by atoms with Crippen LogP contribution in [0.2, 0.25) is 10.0 Å². The van der Waals surface area contributed by atoms with Gasteiger partial charge < -0.3 is 20.1 Å². The zero-order chi connectivity index (χ0) is 18.9. The van der Waals surface area contributed by atoms with Crippen LogP contribution >= 0.6 is 23.2 Å². The first-order valence-electron chi connectivity index (χ1n) is 8.59. The number of halogens is 2. The van der Waals surface area contributed by atoms with Crippen molar-refractivity contribution in [3.8, 4) is 11.5 Å². The third-order valence-corrected chi connectivity index (χ3v) is 6.17. The fourth-order valence-corrected chi connectivity index (χ4v) is 4.61. The number of fused-ring (bicyclic) bond motifs is 6. The van der Waals surface area contributed by atoms with Crippen LogP contribution in [0.4, 0.5) is 0 Å². The summed E-state index contributed by atoms with van der Waals surface area (Å²) in [4.78, 5) is 14.5. The maximum absolute atomic E-state index is 11.0. The Morgan fingerprint density at radius 3 is 2.07 bits per heavy atom. The van der Waals surface area contributed by atoms with Gasteiger partial charge in [0.05, 0.1) is 16.0 Å². The van der Waals surface area contributed by atoms with Crippen molar-refractivity contribution < 1.29 is 14.3 Å². The lowest BCUT2D eigenvalue weighted by atomic mass is 10.1. The van der Waals surface area contributed by atoms with E-state index in [1.165, 1.54) is 0 Å². The maximum Gasteiger partial charge on any atom is 0.271 e. The topological polar surface area (TPSA) is 65.9 Å². The second kappa shape index (κ2) is 5.79. The zero-order valence-corrected chi connectivity index (χ0v) is 15.4. The van der Waals surface area contributed by atoms with Crippen molar-refractivity contribution in [1.82, 2.24) is 0 Å². The van der Waals surface area contributed by atoms with E-state index in [9.17, 15) is 4.79 Å². The Labute approximate surface area is 165 Å². The van der Waals surface area contributed by atoms with E-state index in [1.807, 2.05) is 30.3 Å². The number of nitrogens with two attached hydrogens (primary N) is 1. The lowest BCUT2D eigenvalue weighted by Gasteiger charge is -2.07. The van der Waals surface area contributed by atoms with Gasteiger partial charge >= 0.3 is 0 Å². The molecule has 4 aliphatic rings. The van der Waals surface area contributed by atoms with E-state index in [0.29, 0.717) is 10.0 Å². The van der Waals surface area contributed by atoms with Crippen molar-refractivity contribution in [1.29, 1.82) is 0 Å². The molecule has 2 N–H and O–H groups in total. The number of carbonyl (C=O) groups is 1. The number of amides is 1. The summed E-state index contributed by atoms with van der Waals surface area (Å²) in [6.45, 7) is 6.93. The van der Waals surface area contributed by atoms with Gasteiger partial charge in [0, 0.05) is 17.0 Å². The largest absolute Gasteiger partial charge is 0.487 e. The van der Waals surface area contributed by atoms with Crippen LogP contribution in [0.15, 0.2) is 36.4 Å². The van der Waals surface area contributed by atoms with Crippen LogP contribution in [0.25, 0.3) is 4.85 Å². The highest BCUT2D eigenvalue weighted by atomic mass is 35.5. The molecule has 27 heavy (non-hydrogen) atoms. The van der Waals surface area contributed by atoms with Crippen LogP contribution in [0, 0.1) is 12.5 Å². The quantitative estimate of drug-likeness (QED) is 0.740. The van der Waals surface area contributed by atoms with Crippen molar-refractivity contribution in [3.63, 3.8) is 0 Å². The highest BCUT2D eigenvalue weighted by Gasteiger charge is 2.66. The molecular weight excluding hydrogens is 387 g/mol. The minimum Gasteiger partial charge on any atom is -0.487 e. The predicted octanol–water partition coefficient (Wildman–Crippen LogP) is 3.79. The van der Waals surface area contributed by atoms with Gasteiger partial charge in [0.1, 0.15) is 23.5 Å². The first kappa shape index (κ1) is 16.7. The molecule has 0 bridgehead atoms. The summed E-state index contributed by atoms with van der Waals surface area (Å²) in [5.74, 6) is 1.50. The number of ether oxygens (including phenoxy) is 2. The molecule has 5 nitrogen and oxygen atoms in total. The van der Waals surface area contributed by atoms with Crippen molar-refractivity contribution in [2.45, 2.75) is 30.1 Å². The summed E-state index contributed by atoms with van der Waals surface area (Å²) in [5, 5.41) is 1.27. The Hall–Kier alpha value is -2.42. The third-order valence-electron chi connectivity index (χ3n) is 5.57. The second-order valence-corrected chi connectivity index (χ2v) is 7.90. The molecule has 6 atom stereocenters. The fraction of sp³-hybridized carbons (Fsp3) is 0.300. The number of rotatable bonds is 1. The minimum atomic E-state index is -0.286. The molecule has 6 rings (SSSR count). The summed E-state index contributed by atoms with van der Waals surface area (Å²) in [6, 6.07) is 11.3. The Balaban J connectivity index is 0.000000119. The van der Waals surface area contributed by atoms with Crippen LogP contribution in [0.3, 0.4) is 0 Å². The molecule has 2 saturated carbocycles. The number of primary amides is 1. The average Bonchev–Trinajstić information content (AvgIpc) is 3.45. The van der Waals surface area contributed by atoms with Crippen molar-refractivity contribution in [2.24, 2.45) is 11.7 Å². The van der Waals surface area contributed by atoms with Crippen molar-refractivity contribution in [2.75, 3.05) is 0 Å². The van der Waals surface area contributed by atoms with Crippen LogP contribution in [0.1, 0.15) is 23.0 Å². The third kappa shape index (κ3) is 2.40.